The summed E-state index contributed by atoms with van der Waals surface area (Å²) in [5.41, 5.74) is 7.25. The lowest BCUT2D eigenvalue weighted by molar-refractivity contribution is 0.431. The number of rotatable bonds is 5. The first-order chi connectivity index (χ1) is 10.7. The topological polar surface area (TPSA) is 95.6 Å². The van der Waals surface area contributed by atoms with Crippen molar-refractivity contribution < 1.29 is 4.52 Å². The fourth-order valence-electron chi connectivity index (χ4n) is 1.98. The van der Waals surface area contributed by atoms with Crippen LogP contribution in [0.4, 0.5) is 5.82 Å². The molecule has 0 radical (unpaired) electrons. The van der Waals surface area contributed by atoms with Gasteiger partial charge in [-0.05, 0) is 30.7 Å². The lowest BCUT2D eigenvalue weighted by atomic mass is 10.2. The van der Waals surface area contributed by atoms with Crippen LogP contribution in [0.1, 0.15) is 19.8 Å². The summed E-state index contributed by atoms with van der Waals surface area (Å²) in [6.45, 7) is 2.82. The van der Waals surface area contributed by atoms with Crippen LogP contribution in [-0.4, -0.2) is 25.1 Å². The van der Waals surface area contributed by atoms with E-state index in [4.69, 9.17) is 21.9 Å². The standard InChI is InChI=1S/C14H15ClN6O/c1-2-3-8-21-12(16)11(18-20-21)14-17-13(19-22-14)9-4-6-10(15)7-5-9/h4-7H,2-3,8,16H2,1H3. The molecule has 2 heterocycles. The van der Waals surface area contributed by atoms with Gasteiger partial charge in [0.05, 0.1) is 0 Å². The van der Waals surface area contributed by atoms with E-state index in [1.165, 1.54) is 0 Å². The molecule has 0 fully saturated rings. The molecule has 2 N–H and O–H groups in total. The van der Waals surface area contributed by atoms with Crippen molar-refractivity contribution in [2.45, 2.75) is 26.3 Å². The fourth-order valence-corrected chi connectivity index (χ4v) is 2.11. The second-order valence-corrected chi connectivity index (χ2v) is 5.27. The number of benzene rings is 1. The average Bonchev–Trinajstić information content (AvgIpc) is 3.13. The summed E-state index contributed by atoms with van der Waals surface area (Å²) in [5.74, 6) is 1.14. The van der Waals surface area contributed by atoms with Gasteiger partial charge < -0.3 is 10.3 Å². The number of unbranched alkanes of at least 4 members (excludes halogenated alkanes) is 1. The normalized spacial score (nSPS) is 11.0. The maximum absolute atomic E-state index is 6.04. The van der Waals surface area contributed by atoms with Crippen LogP contribution in [0.5, 0.6) is 0 Å². The first-order valence-electron chi connectivity index (χ1n) is 6.98. The first kappa shape index (κ1) is 14.5. The molecule has 0 unspecified atom stereocenters. The zero-order chi connectivity index (χ0) is 15.5. The number of hydrogen-bond acceptors (Lipinski definition) is 6. The van der Waals surface area contributed by atoms with E-state index < -0.39 is 0 Å². The molecule has 2 aromatic heterocycles. The van der Waals surface area contributed by atoms with Crippen LogP contribution < -0.4 is 5.73 Å². The van der Waals surface area contributed by atoms with Gasteiger partial charge in [-0.15, -0.1) is 5.10 Å². The third-order valence-electron chi connectivity index (χ3n) is 3.23. The second-order valence-electron chi connectivity index (χ2n) is 4.83. The van der Waals surface area contributed by atoms with Crippen LogP contribution in [-0.2, 0) is 6.54 Å². The van der Waals surface area contributed by atoms with Crippen LogP contribution in [0.15, 0.2) is 28.8 Å². The van der Waals surface area contributed by atoms with E-state index in [2.05, 4.69) is 27.4 Å². The minimum atomic E-state index is 0.255. The van der Waals surface area contributed by atoms with Crippen molar-refractivity contribution in [2.75, 3.05) is 5.73 Å². The Balaban J connectivity index is 1.87. The molecule has 0 bridgehead atoms. The van der Waals surface area contributed by atoms with Gasteiger partial charge in [-0.1, -0.05) is 35.3 Å². The number of nitrogens with zero attached hydrogens (tertiary/aromatic N) is 5. The average molecular weight is 319 g/mol. The molecule has 3 aromatic rings. The van der Waals surface area contributed by atoms with Crippen molar-refractivity contribution in [3.05, 3.63) is 29.3 Å². The van der Waals surface area contributed by atoms with Gasteiger partial charge in [-0.2, -0.15) is 4.98 Å². The molecular formula is C14H15ClN6O. The zero-order valence-corrected chi connectivity index (χ0v) is 12.8. The molecule has 0 atom stereocenters. The Morgan fingerprint density at radius 2 is 2.05 bits per heavy atom. The SMILES string of the molecule is CCCCn1nnc(-c2nc(-c3ccc(Cl)cc3)no2)c1N. The number of aromatic nitrogens is 5. The maximum atomic E-state index is 6.04. The van der Waals surface area contributed by atoms with E-state index in [0.29, 0.717) is 28.9 Å². The number of nitrogens with two attached hydrogens (primary N) is 1. The van der Waals surface area contributed by atoms with E-state index in [1.54, 1.807) is 16.8 Å². The molecule has 8 heteroatoms. The Morgan fingerprint density at radius 1 is 1.27 bits per heavy atom. The van der Waals surface area contributed by atoms with Crippen molar-refractivity contribution in [2.24, 2.45) is 0 Å². The van der Waals surface area contributed by atoms with Gasteiger partial charge in [0, 0.05) is 17.1 Å². The Kier molecular flexibility index (Phi) is 4.06. The minimum absolute atomic E-state index is 0.255. The molecule has 114 valence electrons. The number of halogens is 1. The second kappa shape index (κ2) is 6.15. The minimum Gasteiger partial charge on any atom is -0.382 e. The number of aryl methyl sites for hydroxylation is 1. The van der Waals surface area contributed by atoms with E-state index >= 15 is 0 Å². The van der Waals surface area contributed by atoms with E-state index in [9.17, 15) is 0 Å². The summed E-state index contributed by atoms with van der Waals surface area (Å²) in [6, 6.07) is 7.17. The van der Waals surface area contributed by atoms with Crippen molar-refractivity contribution >= 4 is 17.4 Å². The molecule has 0 saturated carbocycles. The molecule has 3 rings (SSSR count). The Bertz CT molecular complexity index is 764. The molecule has 0 aliphatic rings. The summed E-state index contributed by atoms with van der Waals surface area (Å²) in [7, 11) is 0. The molecular weight excluding hydrogens is 304 g/mol. The highest BCUT2D eigenvalue weighted by Gasteiger charge is 2.18. The summed E-state index contributed by atoms with van der Waals surface area (Å²) in [5, 5.41) is 12.6. The lowest BCUT2D eigenvalue weighted by Gasteiger charge is -2.00. The van der Waals surface area contributed by atoms with Crippen LogP contribution in [0.25, 0.3) is 23.0 Å². The zero-order valence-electron chi connectivity index (χ0n) is 12.0. The van der Waals surface area contributed by atoms with E-state index in [0.717, 1.165) is 18.4 Å². The number of hydrogen-bond donors (Lipinski definition) is 1. The highest BCUT2D eigenvalue weighted by Crippen LogP contribution is 2.25. The predicted molar refractivity (Wildman–Crippen MR) is 83.1 cm³/mol. The summed E-state index contributed by atoms with van der Waals surface area (Å²) in [4.78, 5) is 4.32. The van der Waals surface area contributed by atoms with Gasteiger partial charge >= 0.3 is 0 Å². The van der Waals surface area contributed by atoms with Gasteiger partial charge in [-0.25, -0.2) is 4.68 Å². The summed E-state index contributed by atoms with van der Waals surface area (Å²) >= 11 is 5.86. The maximum Gasteiger partial charge on any atom is 0.282 e. The number of nitrogen functional groups attached to an aromatic ring is 1. The van der Waals surface area contributed by atoms with Crippen LogP contribution >= 0.6 is 11.6 Å². The van der Waals surface area contributed by atoms with E-state index in [-0.39, 0.29) is 5.89 Å². The number of anilines is 1. The van der Waals surface area contributed by atoms with Gasteiger partial charge in [0.2, 0.25) is 5.82 Å². The molecule has 0 aliphatic carbocycles. The Labute approximate surface area is 132 Å². The highest BCUT2D eigenvalue weighted by molar-refractivity contribution is 6.30. The molecule has 7 nitrogen and oxygen atoms in total. The van der Waals surface area contributed by atoms with Crippen molar-refractivity contribution in [1.29, 1.82) is 0 Å². The fraction of sp³-hybridized carbons (Fsp3) is 0.286. The van der Waals surface area contributed by atoms with E-state index in [1.807, 2.05) is 12.1 Å². The molecule has 0 spiro atoms. The molecule has 0 aliphatic heterocycles. The van der Waals surface area contributed by atoms with Crippen molar-refractivity contribution in [1.82, 2.24) is 25.1 Å². The van der Waals surface area contributed by atoms with Crippen LogP contribution in [0.2, 0.25) is 5.02 Å². The monoisotopic (exact) mass is 318 g/mol. The molecule has 22 heavy (non-hydrogen) atoms. The Morgan fingerprint density at radius 3 is 2.77 bits per heavy atom. The van der Waals surface area contributed by atoms with Crippen LogP contribution in [0.3, 0.4) is 0 Å². The molecule has 1 aromatic carbocycles. The first-order valence-corrected chi connectivity index (χ1v) is 7.36. The van der Waals surface area contributed by atoms with Gasteiger partial charge in [-0.3, -0.25) is 0 Å². The van der Waals surface area contributed by atoms with Gasteiger partial charge in [0.1, 0.15) is 0 Å². The van der Waals surface area contributed by atoms with Gasteiger partial charge in [0.15, 0.2) is 11.5 Å². The highest BCUT2D eigenvalue weighted by atomic mass is 35.5. The summed E-state index contributed by atoms with van der Waals surface area (Å²) in [6.07, 6.45) is 2.03. The third-order valence-corrected chi connectivity index (χ3v) is 3.48. The van der Waals surface area contributed by atoms with Gasteiger partial charge in [0.25, 0.3) is 5.89 Å². The lowest BCUT2D eigenvalue weighted by Crippen LogP contribution is -2.04. The van der Waals surface area contributed by atoms with Crippen molar-refractivity contribution in [3.63, 3.8) is 0 Å². The third kappa shape index (κ3) is 2.80. The summed E-state index contributed by atoms with van der Waals surface area (Å²) < 4.78 is 6.89. The largest absolute Gasteiger partial charge is 0.382 e. The molecule has 0 saturated heterocycles. The predicted octanol–water partition coefficient (Wildman–Crippen LogP) is 3.03. The smallest absolute Gasteiger partial charge is 0.282 e. The van der Waals surface area contributed by atoms with Crippen molar-refractivity contribution in [3.8, 4) is 23.0 Å². The van der Waals surface area contributed by atoms with Crippen LogP contribution in [0, 0.1) is 0 Å². The molecule has 0 amide bonds. The quantitative estimate of drug-likeness (QED) is 0.776. The Hall–Kier alpha value is -2.41.